The van der Waals surface area contributed by atoms with Gasteiger partial charge in [0.2, 0.25) is 0 Å². The van der Waals surface area contributed by atoms with Crippen LogP contribution in [-0.2, 0) is 9.53 Å². The van der Waals surface area contributed by atoms with E-state index in [0.717, 1.165) is 25.1 Å². The molecule has 0 saturated carbocycles. The summed E-state index contributed by atoms with van der Waals surface area (Å²) in [6, 6.07) is 6.37. The molecule has 3 nitrogen and oxygen atoms in total. The van der Waals surface area contributed by atoms with E-state index in [-0.39, 0.29) is 23.6 Å². The summed E-state index contributed by atoms with van der Waals surface area (Å²) in [5, 5.41) is 3.27. The summed E-state index contributed by atoms with van der Waals surface area (Å²) in [7, 11) is 0. The maximum Gasteiger partial charge on any atom is 0.309 e. The van der Waals surface area contributed by atoms with E-state index in [4.69, 9.17) is 4.74 Å². The molecule has 1 aliphatic heterocycles. The lowest BCUT2D eigenvalue weighted by atomic mass is 9.81. The van der Waals surface area contributed by atoms with Gasteiger partial charge in [0.25, 0.3) is 0 Å². The predicted octanol–water partition coefficient (Wildman–Crippen LogP) is 2.08. The van der Waals surface area contributed by atoms with E-state index in [1.54, 1.807) is 12.1 Å². The molecule has 1 heterocycles. The molecule has 0 spiro atoms. The number of piperidine rings is 1. The maximum absolute atomic E-state index is 12.9. The summed E-state index contributed by atoms with van der Waals surface area (Å²) >= 11 is 0. The molecule has 98 valence electrons. The molecule has 1 N–H and O–H groups in total. The van der Waals surface area contributed by atoms with E-state index in [9.17, 15) is 9.18 Å². The number of halogens is 1. The lowest BCUT2D eigenvalue weighted by molar-refractivity contribution is -0.149. The molecule has 0 aromatic heterocycles. The average molecular weight is 251 g/mol. The van der Waals surface area contributed by atoms with Crippen LogP contribution in [0, 0.1) is 11.7 Å². The smallest absolute Gasteiger partial charge is 0.309 e. The molecule has 2 unspecified atom stereocenters. The van der Waals surface area contributed by atoms with Gasteiger partial charge in [0.15, 0.2) is 0 Å². The van der Waals surface area contributed by atoms with Gasteiger partial charge in [-0.3, -0.25) is 4.79 Å². The van der Waals surface area contributed by atoms with Crippen LogP contribution in [0.3, 0.4) is 0 Å². The fourth-order valence-corrected chi connectivity index (χ4v) is 2.45. The van der Waals surface area contributed by atoms with E-state index >= 15 is 0 Å². The second-order valence-electron chi connectivity index (χ2n) is 4.51. The predicted molar refractivity (Wildman–Crippen MR) is 66.8 cm³/mol. The number of hydrogen-bond donors (Lipinski definition) is 1. The van der Waals surface area contributed by atoms with Crippen molar-refractivity contribution in [2.75, 3.05) is 19.7 Å². The Kier molecular flexibility index (Phi) is 4.31. The molecular weight excluding hydrogens is 233 g/mol. The fraction of sp³-hybridized carbons (Fsp3) is 0.500. The van der Waals surface area contributed by atoms with Crippen LogP contribution in [-0.4, -0.2) is 25.7 Å². The van der Waals surface area contributed by atoms with Crippen molar-refractivity contribution >= 4 is 5.97 Å². The second kappa shape index (κ2) is 5.96. The third-order valence-corrected chi connectivity index (χ3v) is 3.37. The molecule has 2 rings (SSSR count). The van der Waals surface area contributed by atoms with Crippen LogP contribution in [0.25, 0.3) is 0 Å². The summed E-state index contributed by atoms with van der Waals surface area (Å²) < 4.78 is 18.0. The van der Waals surface area contributed by atoms with Crippen LogP contribution in [0.4, 0.5) is 4.39 Å². The zero-order valence-electron chi connectivity index (χ0n) is 10.5. The molecule has 0 aliphatic carbocycles. The number of nitrogens with one attached hydrogen (secondary N) is 1. The second-order valence-corrected chi connectivity index (χ2v) is 4.51. The largest absolute Gasteiger partial charge is 0.466 e. The first-order valence-electron chi connectivity index (χ1n) is 6.35. The van der Waals surface area contributed by atoms with Gasteiger partial charge < -0.3 is 10.1 Å². The highest BCUT2D eigenvalue weighted by molar-refractivity contribution is 5.74. The SMILES string of the molecule is CCOC(=O)C1CCNCC1c1ccc(F)cc1. The van der Waals surface area contributed by atoms with Gasteiger partial charge in [0.1, 0.15) is 5.82 Å². The zero-order chi connectivity index (χ0) is 13.0. The average Bonchev–Trinajstić information content (AvgIpc) is 2.40. The Bertz CT molecular complexity index is 405. The number of rotatable bonds is 3. The summed E-state index contributed by atoms with van der Waals surface area (Å²) in [5.41, 5.74) is 0.988. The van der Waals surface area contributed by atoms with E-state index < -0.39 is 0 Å². The van der Waals surface area contributed by atoms with Crippen molar-refractivity contribution in [1.29, 1.82) is 0 Å². The number of hydrogen-bond acceptors (Lipinski definition) is 3. The molecule has 0 bridgehead atoms. The summed E-state index contributed by atoms with van der Waals surface area (Å²) in [6.45, 7) is 3.76. The minimum absolute atomic E-state index is 0.0680. The quantitative estimate of drug-likeness (QED) is 0.836. The molecule has 4 heteroatoms. The lowest BCUT2D eigenvalue weighted by Crippen LogP contribution is -2.39. The molecule has 2 atom stereocenters. The van der Waals surface area contributed by atoms with Crippen molar-refractivity contribution in [3.8, 4) is 0 Å². The van der Waals surface area contributed by atoms with Crippen molar-refractivity contribution in [2.45, 2.75) is 19.3 Å². The molecule has 1 aromatic rings. The van der Waals surface area contributed by atoms with Crippen molar-refractivity contribution in [3.63, 3.8) is 0 Å². The molecule has 1 aromatic carbocycles. The lowest BCUT2D eigenvalue weighted by Gasteiger charge is -2.30. The Morgan fingerprint density at radius 1 is 1.44 bits per heavy atom. The van der Waals surface area contributed by atoms with Crippen molar-refractivity contribution in [3.05, 3.63) is 35.6 Å². The van der Waals surface area contributed by atoms with Gasteiger partial charge in [0.05, 0.1) is 12.5 Å². The van der Waals surface area contributed by atoms with Crippen LogP contribution in [0.1, 0.15) is 24.8 Å². The molecule has 1 aliphatic rings. The number of carbonyl (C=O) groups excluding carboxylic acids is 1. The molecule has 1 saturated heterocycles. The standard InChI is InChI=1S/C14H18FNO2/c1-2-18-14(17)12-7-8-16-9-13(12)10-3-5-11(15)6-4-10/h3-6,12-13,16H,2,7-9H2,1H3. The van der Waals surface area contributed by atoms with Crippen molar-refractivity contribution in [2.24, 2.45) is 5.92 Å². The Labute approximate surface area is 106 Å². The molecule has 1 fully saturated rings. The highest BCUT2D eigenvalue weighted by atomic mass is 19.1. The van der Waals surface area contributed by atoms with E-state index in [0.29, 0.717) is 6.61 Å². The first-order chi connectivity index (χ1) is 8.72. The Morgan fingerprint density at radius 2 is 2.17 bits per heavy atom. The first-order valence-corrected chi connectivity index (χ1v) is 6.35. The first kappa shape index (κ1) is 13.0. The van der Waals surface area contributed by atoms with Gasteiger partial charge in [-0.15, -0.1) is 0 Å². The van der Waals surface area contributed by atoms with Crippen LogP contribution < -0.4 is 5.32 Å². The van der Waals surface area contributed by atoms with Crippen molar-refractivity contribution < 1.29 is 13.9 Å². The van der Waals surface area contributed by atoms with E-state index in [1.807, 2.05) is 6.92 Å². The highest BCUT2D eigenvalue weighted by Gasteiger charge is 2.32. The van der Waals surface area contributed by atoms with Gasteiger partial charge in [-0.2, -0.15) is 0 Å². The number of benzene rings is 1. The van der Waals surface area contributed by atoms with Gasteiger partial charge in [0, 0.05) is 12.5 Å². The summed E-state index contributed by atoms with van der Waals surface area (Å²) in [6.07, 6.45) is 0.765. The monoisotopic (exact) mass is 251 g/mol. The zero-order valence-corrected chi connectivity index (χ0v) is 10.5. The minimum Gasteiger partial charge on any atom is -0.466 e. The molecular formula is C14H18FNO2. The van der Waals surface area contributed by atoms with Gasteiger partial charge >= 0.3 is 5.97 Å². The normalized spacial score (nSPS) is 23.7. The van der Waals surface area contributed by atoms with E-state index in [1.165, 1.54) is 12.1 Å². The number of esters is 1. The maximum atomic E-state index is 12.9. The van der Waals surface area contributed by atoms with Gasteiger partial charge in [-0.1, -0.05) is 12.1 Å². The fourth-order valence-electron chi connectivity index (χ4n) is 2.45. The summed E-state index contributed by atoms with van der Waals surface area (Å²) in [4.78, 5) is 11.9. The minimum atomic E-state index is -0.254. The summed E-state index contributed by atoms with van der Waals surface area (Å²) in [5.74, 6) is -0.460. The third kappa shape index (κ3) is 2.88. The molecule has 0 radical (unpaired) electrons. The van der Waals surface area contributed by atoms with E-state index in [2.05, 4.69) is 5.32 Å². The van der Waals surface area contributed by atoms with Crippen LogP contribution in [0.5, 0.6) is 0 Å². The Morgan fingerprint density at radius 3 is 2.83 bits per heavy atom. The van der Waals surface area contributed by atoms with Gasteiger partial charge in [-0.25, -0.2) is 4.39 Å². The topological polar surface area (TPSA) is 38.3 Å². The van der Waals surface area contributed by atoms with Crippen LogP contribution in [0.2, 0.25) is 0 Å². The Hall–Kier alpha value is -1.42. The molecule has 18 heavy (non-hydrogen) atoms. The number of carbonyl (C=O) groups is 1. The highest BCUT2D eigenvalue weighted by Crippen LogP contribution is 2.30. The molecule has 0 amide bonds. The van der Waals surface area contributed by atoms with Gasteiger partial charge in [-0.05, 0) is 37.6 Å². The van der Waals surface area contributed by atoms with Crippen LogP contribution in [0.15, 0.2) is 24.3 Å². The third-order valence-electron chi connectivity index (χ3n) is 3.37. The Balaban J connectivity index is 2.17. The number of ether oxygens (including phenoxy) is 1. The van der Waals surface area contributed by atoms with Crippen molar-refractivity contribution in [1.82, 2.24) is 5.32 Å². The van der Waals surface area contributed by atoms with Crippen LogP contribution >= 0.6 is 0 Å².